The third kappa shape index (κ3) is 2.11. The van der Waals surface area contributed by atoms with Gasteiger partial charge in [-0.1, -0.05) is 25.3 Å². The highest BCUT2D eigenvalue weighted by Crippen LogP contribution is 2.52. The number of esters is 2. The molecule has 6 atom stereocenters. The zero-order chi connectivity index (χ0) is 16.2. The third-order valence-electron chi connectivity index (χ3n) is 5.09. The summed E-state index contributed by atoms with van der Waals surface area (Å²) >= 11 is 0. The molecule has 3 rings (SSSR count). The molecule has 1 N–H and O–H groups in total. The Bertz CT molecular complexity index is 590. The molecule has 0 radical (unpaired) electrons. The number of aliphatic hydroxyl groups excluding tert-OH is 1. The summed E-state index contributed by atoms with van der Waals surface area (Å²) < 4.78 is 10.9. The van der Waals surface area contributed by atoms with Gasteiger partial charge in [-0.05, 0) is 17.9 Å². The molecule has 3 fully saturated rings. The van der Waals surface area contributed by atoms with Crippen LogP contribution in [0.2, 0.25) is 0 Å². The van der Waals surface area contributed by atoms with Gasteiger partial charge >= 0.3 is 11.9 Å². The Labute approximate surface area is 129 Å². The molecule has 0 aromatic rings. The van der Waals surface area contributed by atoms with Gasteiger partial charge in [0.15, 0.2) is 0 Å². The second kappa shape index (κ2) is 5.09. The smallest absolute Gasteiger partial charge is 0.334 e. The van der Waals surface area contributed by atoms with E-state index >= 15 is 0 Å². The lowest BCUT2D eigenvalue weighted by molar-refractivity contribution is -0.150. The fourth-order valence-electron chi connectivity index (χ4n) is 4.08. The molecule has 0 amide bonds. The topological polar surface area (TPSA) is 72.8 Å². The van der Waals surface area contributed by atoms with E-state index in [9.17, 15) is 14.7 Å². The minimum absolute atomic E-state index is 0.0192. The fraction of sp³-hybridized carbons (Fsp3) is 0.529. The van der Waals surface area contributed by atoms with E-state index in [1.807, 2.05) is 0 Å². The fourth-order valence-corrected chi connectivity index (χ4v) is 4.08. The maximum Gasteiger partial charge on any atom is 0.334 e. The number of rotatable bonds is 1. The van der Waals surface area contributed by atoms with Crippen LogP contribution in [0.3, 0.4) is 0 Å². The van der Waals surface area contributed by atoms with Crippen molar-refractivity contribution < 1.29 is 24.2 Å². The molecule has 3 aliphatic rings. The van der Waals surface area contributed by atoms with Crippen molar-refractivity contribution in [3.8, 4) is 0 Å². The summed E-state index contributed by atoms with van der Waals surface area (Å²) in [4.78, 5) is 23.4. The normalized spacial score (nSPS) is 40.8. The summed E-state index contributed by atoms with van der Waals surface area (Å²) in [5.41, 5.74) is 1.87. The van der Waals surface area contributed by atoms with Crippen molar-refractivity contribution in [3.05, 3.63) is 36.5 Å². The molecule has 2 saturated carbocycles. The summed E-state index contributed by atoms with van der Waals surface area (Å²) in [6.45, 7) is 13.2. The van der Waals surface area contributed by atoms with Crippen molar-refractivity contribution in [1.29, 1.82) is 0 Å². The van der Waals surface area contributed by atoms with E-state index in [4.69, 9.17) is 9.47 Å². The molecule has 1 heterocycles. The molecular weight excluding hydrogens is 284 g/mol. The summed E-state index contributed by atoms with van der Waals surface area (Å²) in [5, 5.41) is 10.1. The van der Waals surface area contributed by atoms with Gasteiger partial charge in [-0.3, -0.25) is 4.79 Å². The van der Waals surface area contributed by atoms with Crippen LogP contribution in [0.5, 0.6) is 0 Å². The molecule has 1 saturated heterocycles. The van der Waals surface area contributed by atoms with Crippen molar-refractivity contribution in [2.24, 2.45) is 17.8 Å². The lowest BCUT2D eigenvalue weighted by atomic mass is 9.81. The van der Waals surface area contributed by atoms with Gasteiger partial charge in [0.1, 0.15) is 12.2 Å². The summed E-state index contributed by atoms with van der Waals surface area (Å²) in [5.74, 6) is -1.50. The number of hydrogen-bond donors (Lipinski definition) is 1. The number of carbonyl (C=O) groups excluding carboxylic acids is 2. The predicted octanol–water partition coefficient (Wildman–Crippen LogP) is 1.53. The minimum atomic E-state index is -0.620. The second-order valence-corrected chi connectivity index (χ2v) is 6.39. The highest BCUT2D eigenvalue weighted by Gasteiger charge is 2.56. The van der Waals surface area contributed by atoms with Crippen LogP contribution in [0.1, 0.15) is 19.8 Å². The predicted molar refractivity (Wildman–Crippen MR) is 78.6 cm³/mol. The average molecular weight is 304 g/mol. The molecule has 118 valence electrons. The first-order valence-corrected chi connectivity index (χ1v) is 7.42. The highest BCUT2D eigenvalue weighted by atomic mass is 16.6. The highest BCUT2D eigenvalue weighted by molar-refractivity contribution is 5.91. The molecule has 0 aromatic carbocycles. The number of carbonyl (C=O) groups is 2. The quantitative estimate of drug-likeness (QED) is 0.452. The lowest BCUT2D eigenvalue weighted by Crippen LogP contribution is -2.35. The summed E-state index contributed by atoms with van der Waals surface area (Å²) in [6, 6.07) is 0. The Morgan fingerprint density at radius 3 is 2.64 bits per heavy atom. The number of ether oxygens (including phenoxy) is 2. The Kier molecular flexibility index (Phi) is 3.48. The Balaban J connectivity index is 2.03. The summed E-state index contributed by atoms with van der Waals surface area (Å²) in [7, 11) is 0. The lowest BCUT2D eigenvalue weighted by Gasteiger charge is -2.28. The average Bonchev–Trinajstić information content (AvgIpc) is 2.83. The van der Waals surface area contributed by atoms with Crippen molar-refractivity contribution in [2.75, 3.05) is 0 Å². The zero-order valence-corrected chi connectivity index (χ0v) is 12.6. The molecule has 0 spiro atoms. The maximum atomic E-state index is 12.0. The monoisotopic (exact) mass is 304 g/mol. The first kappa shape index (κ1) is 15.0. The van der Waals surface area contributed by atoms with E-state index in [2.05, 4.69) is 19.7 Å². The van der Waals surface area contributed by atoms with E-state index in [0.717, 1.165) is 5.57 Å². The first-order valence-electron chi connectivity index (χ1n) is 7.42. The summed E-state index contributed by atoms with van der Waals surface area (Å²) in [6.07, 6.45) is -0.673. The largest absolute Gasteiger partial charge is 0.461 e. The molecule has 2 aliphatic carbocycles. The molecule has 22 heavy (non-hydrogen) atoms. The third-order valence-corrected chi connectivity index (χ3v) is 5.09. The standard InChI is InChI=1S/C17H20O5/c1-7-5-13(21-10(4)18)15-9(3)17(20)22-16(15)14-8(2)12(19)6-11(7)14/h11-16,19H,1-3,5-6H2,4H3. The van der Waals surface area contributed by atoms with Crippen LogP contribution in [0, 0.1) is 17.8 Å². The molecular formula is C17H20O5. The van der Waals surface area contributed by atoms with Crippen LogP contribution in [-0.2, 0) is 19.1 Å². The van der Waals surface area contributed by atoms with Crippen molar-refractivity contribution in [2.45, 2.75) is 38.1 Å². The van der Waals surface area contributed by atoms with Gasteiger partial charge in [0.2, 0.25) is 0 Å². The SMILES string of the molecule is C=C1CC(OC(C)=O)C2C(=C)C(=O)OC2C2C(=C)C(O)CC12. The molecule has 1 aliphatic heterocycles. The van der Waals surface area contributed by atoms with Crippen LogP contribution in [0.15, 0.2) is 36.5 Å². The molecule has 6 unspecified atom stereocenters. The number of fused-ring (bicyclic) bond motifs is 3. The van der Waals surface area contributed by atoms with Crippen LogP contribution in [0.25, 0.3) is 0 Å². The van der Waals surface area contributed by atoms with Crippen LogP contribution in [0.4, 0.5) is 0 Å². The minimum Gasteiger partial charge on any atom is -0.461 e. The molecule has 5 heteroatoms. The number of aliphatic hydroxyl groups is 1. The molecule has 5 nitrogen and oxygen atoms in total. The van der Waals surface area contributed by atoms with Gasteiger partial charge in [0.05, 0.1) is 12.0 Å². The van der Waals surface area contributed by atoms with Gasteiger partial charge in [-0.25, -0.2) is 4.79 Å². The van der Waals surface area contributed by atoms with Gasteiger partial charge in [0, 0.05) is 24.8 Å². The van der Waals surface area contributed by atoms with E-state index in [0.29, 0.717) is 24.0 Å². The Morgan fingerprint density at radius 1 is 1.32 bits per heavy atom. The first-order chi connectivity index (χ1) is 10.3. The van der Waals surface area contributed by atoms with Crippen molar-refractivity contribution in [3.63, 3.8) is 0 Å². The van der Waals surface area contributed by atoms with Gasteiger partial charge in [-0.15, -0.1) is 0 Å². The Hall–Kier alpha value is -1.88. The van der Waals surface area contributed by atoms with E-state index in [1.54, 1.807) is 0 Å². The molecule has 0 bridgehead atoms. The Morgan fingerprint density at radius 2 is 2.00 bits per heavy atom. The van der Waals surface area contributed by atoms with Gasteiger partial charge in [-0.2, -0.15) is 0 Å². The van der Waals surface area contributed by atoms with Crippen LogP contribution in [-0.4, -0.2) is 35.4 Å². The maximum absolute atomic E-state index is 12.0. The van der Waals surface area contributed by atoms with Crippen molar-refractivity contribution in [1.82, 2.24) is 0 Å². The number of hydrogen-bond acceptors (Lipinski definition) is 5. The van der Waals surface area contributed by atoms with Crippen LogP contribution >= 0.6 is 0 Å². The van der Waals surface area contributed by atoms with E-state index in [-0.39, 0.29) is 11.8 Å². The van der Waals surface area contributed by atoms with E-state index in [1.165, 1.54) is 6.92 Å². The van der Waals surface area contributed by atoms with Crippen LogP contribution < -0.4 is 0 Å². The van der Waals surface area contributed by atoms with Gasteiger partial charge < -0.3 is 14.6 Å². The zero-order valence-electron chi connectivity index (χ0n) is 12.6. The van der Waals surface area contributed by atoms with E-state index < -0.39 is 36.2 Å². The second-order valence-electron chi connectivity index (χ2n) is 6.39. The van der Waals surface area contributed by atoms with Crippen molar-refractivity contribution >= 4 is 11.9 Å². The molecule has 0 aromatic heterocycles. The van der Waals surface area contributed by atoms with Gasteiger partial charge in [0.25, 0.3) is 0 Å².